The lowest BCUT2D eigenvalue weighted by Gasteiger charge is -2.33. The van der Waals surface area contributed by atoms with E-state index in [4.69, 9.17) is 14.9 Å². The van der Waals surface area contributed by atoms with Crippen LogP contribution in [0.25, 0.3) is 0 Å². The van der Waals surface area contributed by atoms with Crippen molar-refractivity contribution in [1.29, 1.82) is 5.41 Å². The Hall–Kier alpha value is -4.99. The van der Waals surface area contributed by atoms with Crippen molar-refractivity contribution in [1.82, 2.24) is 15.1 Å². The molecule has 5 rings (SSSR count). The standard InChI is InChI=1S/C32H35N5O5/c1-32(2,3)28(20-14-15-23-24(16-20)42-18-41-23)35-26-25(30(39)37(31(26)40)17-19-10-7-6-8-11-19)34-22-13-9-12-21(27(22)38)29(33)36(4)5/h6-16,28,33-35,38H,17-18H2,1-5H3/t28-/m0/s1. The lowest BCUT2D eigenvalue weighted by Crippen LogP contribution is -2.37. The highest BCUT2D eigenvalue weighted by Gasteiger charge is 2.42. The number of hydrogen-bond donors (Lipinski definition) is 4. The summed E-state index contributed by atoms with van der Waals surface area (Å²) in [4.78, 5) is 30.6. The highest BCUT2D eigenvalue weighted by Crippen LogP contribution is 2.41. The summed E-state index contributed by atoms with van der Waals surface area (Å²) in [5.41, 5.74) is 1.83. The number of amides is 2. The van der Waals surface area contributed by atoms with E-state index >= 15 is 0 Å². The number of fused-ring (bicyclic) bond motifs is 1. The van der Waals surface area contributed by atoms with E-state index in [1.165, 1.54) is 4.90 Å². The summed E-state index contributed by atoms with van der Waals surface area (Å²) in [6.07, 6.45) is 0. The number of benzene rings is 3. The molecular formula is C32H35N5O5. The van der Waals surface area contributed by atoms with Crippen molar-refractivity contribution in [3.8, 4) is 17.2 Å². The Morgan fingerprint density at radius 2 is 1.67 bits per heavy atom. The van der Waals surface area contributed by atoms with Crippen LogP contribution in [-0.4, -0.2) is 53.4 Å². The van der Waals surface area contributed by atoms with E-state index in [-0.39, 0.29) is 47.6 Å². The quantitative estimate of drug-likeness (QED) is 0.134. The van der Waals surface area contributed by atoms with E-state index < -0.39 is 23.3 Å². The molecule has 2 aliphatic rings. The number of carbonyl (C=O) groups excluding carboxylic acids is 2. The van der Waals surface area contributed by atoms with Crippen LogP contribution < -0.4 is 20.1 Å². The molecule has 3 aromatic carbocycles. The summed E-state index contributed by atoms with van der Waals surface area (Å²) >= 11 is 0. The molecule has 0 radical (unpaired) electrons. The molecule has 0 aliphatic carbocycles. The number of nitrogens with zero attached hydrogens (tertiary/aromatic N) is 2. The Labute approximate surface area is 245 Å². The van der Waals surface area contributed by atoms with Gasteiger partial charge in [0.1, 0.15) is 23.0 Å². The van der Waals surface area contributed by atoms with Crippen LogP contribution in [0.4, 0.5) is 5.69 Å². The van der Waals surface area contributed by atoms with Crippen LogP contribution >= 0.6 is 0 Å². The zero-order valence-electron chi connectivity index (χ0n) is 24.3. The van der Waals surface area contributed by atoms with Crippen LogP contribution in [0.2, 0.25) is 0 Å². The average Bonchev–Trinajstić information content (AvgIpc) is 3.50. The van der Waals surface area contributed by atoms with Gasteiger partial charge in [-0.15, -0.1) is 0 Å². The van der Waals surface area contributed by atoms with Crippen LogP contribution in [0, 0.1) is 10.8 Å². The van der Waals surface area contributed by atoms with Crippen LogP contribution in [0.1, 0.15) is 43.5 Å². The molecule has 2 aliphatic heterocycles. The first-order valence-corrected chi connectivity index (χ1v) is 13.6. The number of phenolic OH excluding ortho intramolecular Hbond substituents is 1. The van der Waals surface area contributed by atoms with Gasteiger partial charge in [0.15, 0.2) is 11.5 Å². The van der Waals surface area contributed by atoms with Crippen molar-refractivity contribution in [2.45, 2.75) is 33.4 Å². The Morgan fingerprint density at radius 3 is 2.36 bits per heavy atom. The van der Waals surface area contributed by atoms with E-state index in [1.807, 2.05) is 69.3 Å². The van der Waals surface area contributed by atoms with Gasteiger partial charge >= 0.3 is 0 Å². The monoisotopic (exact) mass is 569 g/mol. The predicted octanol–water partition coefficient (Wildman–Crippen LogP) is 4.58. The molecule has 1 atom stereocenters. The van der Waals surface area contributed by atoms with Gasteiger partial charge in [0.05, 0.1) is 23.8 Å². The van der Waals surface area contributed by atoms with Crippen molar-refractivity contribution in [2.75, 3.05) is 26.2 Å². The molecule has 218 valence electrons. The van der Waals surface area contributed by atoms with Crippen molar-refractivity contribution in [3.63, 3.8) is 0 Å². The normalized spacial score (nSPS) is 15.2. The van der Waals surface area contributed by atoms with Crippen LogP contribution in [-0.2, 0) is 16.1 Å². The third-order valence-corrected chi connectivity index (χ3v) is 7.23. The first-order valence-electron chi connectivity index (χ1n) is 13.6. The fourth-order valence-corrected chi connectivity index (χ4v) is 4.98. The molecule has 0 fully saturated rings. The van der Waals surface area contributed by atoms with Gasteiger partial charge in [-0.25, -0.2) is 0 Å². The molecular weight excluding hydrogens is 534 g/mol. The summed E-state index contributed by atoms with van der Waals surface area (Å²) in [5.74, 6) is 0.134. The van der Waals surface area contributed by atoms with E-state index in [0.29, 0.717) is 11.5 Å². The minimum absolute atomic E-state index is 0.00904. The molecule has 42 heavy (non-hydrogen) atoms. The summed E-state index contributed by atoms with van der Waals surface area (Å²) in [6.45, 7) is 6.33. The average molecular weight is 570 g/mol. The van der Waals surface area contributed by atoms with E-state index in [1.54, 1.807) is 37.2 Å². The number of carbonyl (C=O) groups is 2. The third kappa shape index (κ3) is 5.47. The maximum absolute atomic E-state index is 13.9. The number of amidine groups is 1. The van der Waals surface area contributed by atoms with Crippen LogP contribution in [0.5, 0.6) is 17.2 Å². The first-order chi connectivity index (χ1) is 20.0. The minimum atomic E-state index is -0.530. The third-order valence-electron chi connectivity index (χ3n) is 7.23. The smallest absolute Gasteiger partial charge is 0.279 e. The second kappa shape index (κ2) is 11.1. The SMILES string of the molecule is CN(C)C(=N)c1cccc(NC2=C(N[C@@H](c3ccc4c(c3)OCO4)C(C)(C)C)C(=O)N(Cc3ccccc3)C2=O)c1O. The molecule has 0 saturated heterocycles. The summed E-state index contributed by atoms with van der Waals surface area (Å²) < 4.78 is 11.1. The van der Waals surface area contributed by atoms with E-state index in [0.717, 1.165) is 11.1 Å². The second-order valence-corrected chi connectivity index (χ2v) is 11.6. The van der Waals surface area contributed by atoms with Gasteiger partial charge in [-0.2, -0.15) is 0 Å². The maximum Gasteiger partial charge on any atom is 0.279 e. The number of ether oxygens (including phenoxy) is 2. The lowest BCUT2D eigenvalue weighted by molar-refractivity contribution is -0.138. The van der Waals surface area contributed by atoms with Gasteiger partial charge in [0.25, 0.3) is 11.8 Å². The fraction of sp³-hybridized carbons (Fsp3) is 0.281. The number of imide groups is 1. The van der Waals surface area contributed by atoms with Gasteiger partial charge in [0, 0.05) is 14.1 Å². The Bertz CT molecular complexity index is 1580. The van der Waals surface area contributed by atoms with Crippen molar-refractivity contribution >= 4 is 23.3 Å². The first kappa shape index (κ1) is 28.5. The lowest BCUT2D eigenvalue weighted by atomic mass is 9.82. The summed E-state index contributed by atoms with van der Waals surface area (Å²) in [7, 11) is 3.41. The van der Waals surface area contributed by atoms with Crippen molar-refractivity contribution in [2.24, 2.45) is 5.41 Å². The van der Waals surface area contributed by atoms with Gasteiger partial charge in [-0.1, -0.05) is 63.2 Å². The second-order valence-electron chi connectivity index (χ2n) is 11.6. The minimum Gasteiger partial charge on any atom is -0.505 e. The number of nitrogens with one attached hydrogen (secondary N) is 3. The Kier molecular flexibility index (Phi) is 7.55. The topological polar surface area (TPSA) is 127 Å². The van der Waals surface area contributed by atoms with Crippen LogP contribution in [0.3, 0.4) is 0 Å². The van der Waals surface area contributed by atoms with Crippen molar-refractivity contribution in [3.05, 3.63) is 94.8 Å². The Morgan fingerprint density at radius 1 is 0.976 bits per heavy atom. The maximum atomic E-state index is 13.9. The molecule has 0 spiro atoms. The fourth-order valence-electron chi connectivity index (χ4n) is 4.98. The van der Waals surface area contributed by atoms with Gasteiger partial charge in [-0.3, -0.25) is 19.9 Å². The summed E-state index contributed by atoms with van der Waals surface area (Å²) in [5, 5.41) is 25.8. The zero-order valence-corrected chi connectivity index (χ0v) is 24.3. The molecule has 10 nitrogen and oxygen atoms in total. The van der Waals surface area contributed by atoms with Gasteiger partial charge in [0.2, 0.25) is 6.79 Å². The number of phenols is 1. The Balaban J connectivity index is 1.57. The number of para-hydroxylation sites is 1. The predicted molar refractivity (Wildman–Crippen MR) is 159 cm³/mol. The zero-order chi connectivity index (χ0) is 30.2. The molecule has 10 heteroatoms. The van der Waals surface area contributed by atoms with Crippen molar-refractivity contribution < 1.29 is 24.2 Å². The van der Waals surface area contributed by atoms with Crippen LogP contribution in [0.15, 0.2) is 78.1 Å². The number of aromatic hydroxyl groups is 1. The summed E-state index contributed by atoms with van der Waals surface area (Å²) in [6, 6.07) is 19.4. The molecule has 0 saturated carbocycles. The molecule has 0 unspecified atom stereocenters. The largest absolute Gasteiger partial charge is 0.505 e. The van der Waals surface area contributed by atoms with Gasteiger partial charge in [-0.05, 0) is 40.8 Å². The number of anilines is 1. The molecule has 2 heterocycles. The van der Waals surface area contributed by atoms with E-state index in [9.17, 15) is 14.7 Å². The highest BCUT2D eigenvalue weighted by molar-refractivity contribution is 6.20. The number of rotatable bonds is 8. The molecule has 0 aromatic heterocycles. The molecule has 2 amide bonds. The molecule has 0 bridgehead atoms. The molecule has 4 N–H and O–H groups in total. The van der Waals surface area contributed by atoms with Gasteiger partial charge < -0.3 is 30.1 Å². The van der Waals surface area contributed by atoms with E-state index in [2.05, 4.69) is 10.6 Å². The number of hydrogen-bond acceptors (Lipinski definition) is 8. The highest BCUT2D eigenvalue weighted by atomic mass is 16.7. The molecule has 3 aromatic rings.